The summed E-state index contributed by atoms with van der Waals surface area (Å²) in [7, 11) is -9.93. The first-order valence-electron chi connectivity index (χ1n) is 44.4. The van der Waals surface area contributed by atoms with Crippen molar-refractivity contribution >= 4 is 39.5 Å². The highest BCUT2D eigenvalue weighted by Crippen LogP contribution is 2.45. The van der Waals surface area contributed by atoms with Crippen LogP contribution in [0.25, 0.3) is 0 Å². The second-order valence-corrected chi connectivity index (χ2v) is 34.8. The van der Waals surface area contributed by atoms with Crippen molar-refractivity contribution in [1.29, 1.82) is 0 Å². The van der Waals surface area contributed by atoms with E-state index in [9.17, 15) is 43.2 Å². The van der Waals surface area contributed by atoms with Crippen molar-refractivity contribution in [2.24, 2.45) is 17.8 Å². The van der Waals surface area contributed by atoms with Crippen molar-refractivity contribution in [3.05, 3.63) is 0 Å². The van der Waals surface area contributed by atoms with Crippen LogP contribution in [-0.4, -0.2) is 96.7 Å². The number of carbonyl (C=O) groups excluding carboxylic acids is 4. The van der Waals surface area contributed by atoms with E-state index in [0.29, 0.717) is 25.7 Å². The summed E-state index contributed by atoms with van der Waals surface area (Å²) in [4.78, 5) is 73.3. The number of phosphoric ester groups is 2. The third-order valence-electron chi connectivity index (χ3n) is 20.9. The summed E-state index contributed by atoms with van der Waals surface area (Å²) in [5.74, 6) is 0.318. The van der Waals surface area contributed by atoms with Crippen LogP contribution in [0.4, 0.5) is 0 Å². The van der Waals surface area contributed by atoms with Crippen LogP contribution in [0.5, 0.6) is 0 Å². The predicted octanol–water partition coefficient (Wildman–Crippen LogP) is 26.1. The number of esters is 4. The van der Waals surface area contributed by atoms with Crippen molar-refractivity contribution in [1.82, 2.24) is 0 Å². The van der Waals surface area contributed by atoms with Gasteiger partial charge in [-0.05, 0) is 43.4 Å². The molecule has 19 heteroatoms. The Morgan fingerprint density at radius 1 is 0.276 bits per heavy atom. The number of aliphatic hydroxyl groups excluding tert-OH is 1. The summed E-state index contributed by atoms with van der Waals surface area (Å²) >= 11 is 0. The zero-order valence-corrected chi connectivity index (χ0v) is 71.0. The molecule has 4 unspecified atom stereocenters. The third-order valence-corrected chi connectivity index (χ3v) is 22.8. The maximum Gasteiger partial charge on any atom is 0.472 e. The molecule has 3 N–H and O–H groups in total. The van der Waals surface area contributed by atoms with E-state index >= 15 is 0 Å². The highest BCUT2D eigenvalue weighted by atomic mass is 31.2. The fraction of sp³-hybridized carbons (Fsp3) is 0.953. The van der Waals surface area contributed by atoms with Crippen molar-refractivity contribution < 1.29 is 80.2 Å². The Labute approximate surface area is 645 Å². The molecule has 0 heterocycles. The van der Waals surface area contributed by atoms with Crippen LogP contribution in [-0.2, 0) is 65.4 Å². The summed E-state index contributed by atoms with van der Waals surface area (Å²) in [5.41, 5.74) is 0. The molecular weight excluding hydrogens is 1370 g/mol. The molecule has 0 amide bonds. The van der Waals surface area contributed by atoms with E-state index in [4.69, 9.17) is 37.0 Å². The molecule has 0 aliphatic rings. The zero-order chi connectivity index (χ0) is 77.2. The second-order valence-electron chi connectivity index (χ2n) is 31.9. The molecule has 0 aliphatic heterocycles. The molecule has 105 heavy (non-hydrogen) atoms. The largest absolute Gasteiger partial charge is 0.472 e. The number of rotatable bonds is 84. The predicted molar refractivity (Wildman–Crippen MR) is 432 cm³/mol. The number of phosphoric acid groups is 2. The normalized spacial score (nSPS) is 14.4. The monoisotopic (exact) mass is 1540 g/mol. The summed E-state index contributed by atoms with van der Waals surface area (Å²) in [6, 6.07) is 0. The maximum absolute atomic E-state index is 13.1. The van der Waals surface area contributed by atoms with Crippen LogP contribution in [0.2, 0.25) is 0 Å². The van der Waals surface area contributed by atoms with Crippen LogP contribution in [0.3, 0.4) is 0 Å². The Bertz CT molecular complexity index is 2030. The van der Waals surface area contributed by atoms with Gasteiger partial charge in [-0.15, -0.1) is 0 Å². The molecule has 0 aromatic rings. The van der Waals surface area contributed by atoms with E-state index in [1.165, 1.54) is 263 Å². The van der Waals surface area contributed by atoms with Gasteiger partial charge in [-0.3, -0.25) is 37.3 Å². The van der Waals surface area contributed by atoms with E-state index < -0.39 is 97.5 Å². The fourth-order valence-corrected chi connectivity index (χ4v) is 14.9. The molecule has 0 aliphatic carbocycles. The van der Waals surface area contributed by atoms with Gasteiger partial charge in [0.25, 0.3) is 0 Å². The molecule has 7 atom stereocenters. The SMILES string of the molecule is CCCCCCCCCCCCCCCCCCCCC(=O)O[C@H](COC(=O)CCCCCCCCCCC(C)C)COP(=O)(O)OC[C@H](O)COP(=O)(O)OC[C@@H](COC(=O)CCCCCCCCCCCCCCCCC(C)CC)OC(=O)CCCCCCCCCCCCCCCCC(C)CC. The van der Waals surface area contributed by atoms with E-state index in [0.717, 1.165) is 108 Å². The van der Waals surface area contributed by atoms with Crippen molar-refractivity contribution in [2.45, 2.75) is 471 Å². The van der Waals surface area contributed by atoms with Crippen LogP contribution >= 0.6 is 15.6 Å². The Hall–Kier alpha value is -1.94. The smallest absolute Gasteiger partial charge is 0.462 e. The quantitative estimate of drug-likeness (QED) is 0.0222. The Morgan fingerprint density at radius 2 is 0.486 bits per heavy atom. The van der Waals surface area contributed by atoms with E-state index in [-0.39, 0.29) is 25.7 Å². The molecule has 0 bridgehead atoms. The first-order valence-corrected chi connectivity index (χ1v) is 47.4. The van der Waals surface area contributed by atoms with Gasteiger partial charge in [-0.2, -0.15) is 0 Å². The average molecular weight is 1540 g/mol. The lowest BCUT2D eigenvalue weighted by Crippen LogP contribution is -2.30. The van der Waals surface area contributed by atoms with Gasteiger partial charge in [0.2, 0.25) is 0 Å². The van der Waals surface area contributed by atoms with Gasteiger partial charge in [0.15, 0.2) is 12.2 Å². The van der Waals surface area contributed by atoms with E-state index in [2.05, 4.69) is 48.5 Å². The van der Waals surface area contributed by atoms with Gasteiger partial charge in [-0.1, -0.05) is 402 Å². The molecule has 0 aromatic heterocycles. The van der Waals surface area contributed by atoms with Gasteiger partial charge < -0.3 is 33.8 Å². The average Bonchev–Trinajstić information content (AvgIpc) is 0.908. The highest BCUT2D eigenvalue weighted by molar-refractivity contribution is 7.47. The molecular formula is C86H168O17P2. The zero-order valence-electron chi connectivity index (χ0n) is 69.2. The minimum absolute atomic E-state index is 0.108. The first kappa shape index (κ1) is 103. The second kappa shape index (κ2) is 76.1. The van der Waals surface area contributed by atoms with Gasteiger partial charge >= 0.3 is 39.5 Å². The number of unbranched alkanes of at least 4 members (excludes halogenated alkanes) is 50. The summed E-state index contributed by atoms with van der Waals surface area (Å²) < 4.78 is 68.9. The van der Waals surface area contributed by atoms with Crippen LogP contribution < -0.4 is 0 Å². The van der Waals surface area contributed by atoms with Gasteiger partial charge in [0.1, 0.15) is 19.3 Å². The van der Waals surface area contributed by atoms with Gasteiger partial charge in [0.05, 0.1) is 26.4 Å². The van der Waals surface area contributed by atoms with Crippen molar-refractivity contribution in [3.8, 4) is 0 Å². The summed E-state index contributed by atoms with van der Waals surface area (Å²) in [6.45, 7) is 12.1. The van der Waals surface area contributed by atoms with Crippen molar-refractivity contribution in [3.63, 3.8) is 0 Å². The Morgan fingerprint density at radius 3 is 0.724 bits per heavy atom. The number of hydrogen-bond donors (Lipinski definition) is 3. The third kappa shape index (κ3) is 77.2. The van der Waals surface area contributed by atoms with Crippen LogP contribution in [0.1, 0.15) is 453 Å². The minimum atomic E-state index is -4.97. The first-order chi connectivity index (χ1) is 50.8. The Kier molecular flexibility index (Phi) is 74.7. The molecule has 0 fully saturated rings. The lowest BCUT2D eigenvalue weighted by Gasteiger charge is -2.21. The van der Waals surface area contributed by atoms with Crippen LogP contribution in [0, 0.1) is 17.8 Å². The lowest BCUT2D eigenvalue weighted by molar-refractivity contribution is -0.161. The number of ether oxygens (including phenoxy) is 4. The summed E-state index contributed by atoms with van der Waals surface area (Å²) in [5, 5.41) is 10.7. The molecule has 0 spiro atoms. The topological polar surface area (TPSA) is 237 Å². The van der Waals surface area contributed by atoms with Crippen molar-refractivity contribution in [2.75, 3.05) is 39.6 Å². The number of aliphatic hydroxyl groups is 1. The standard InChI is InChI=1S/C86H168O17P2/c1-8-11-12-13-14-15-16-17-18-19-20-21-29-34-39-48-55-62-69-86(91)103-82(74-97-84(89)68-61-54-47-42-41-43-50-57-64-77(4)5)76-101-105(94,95)99-72-80(87)71-98-104(92,93)100-75-81(102-85(90)70-63-56-49-40-35-30-25-23-27-32-37-45-52-59-66-79(7)10-3)73-96-83(88)67-60-53-46-38-33-28-24-22-26-31-36-44-51-58-65-78(6)9-2/h77-82,87H,8-76H2,1-7H3,(H,92,93)(H,94,95)/t78?,79?,80-,81-,82-/m1/s1. The fourth-order valence-electron chi connectivity index (χ4n) is 13.3. The number of carbonyl (C=O) groups is 4. The molecule has 0 saturated carbocycles. The Balaban J connectivity index is 5.26. The maximum atomic E-state index is 13.1. The molecule has 0 saturated heterocycles. The van der Waals surface area contributed by atoms with Gasteiger partial charge in [-0.25, -0.2) is 9.13 Å². The lowest BCUT2D eigenvalue weighted by atomic mass is 9.99. The minimum Gasteiger partial charge on any atom is -0.462 e. The van der Waals surface area contributed by atoms with Gasteiger partial charge in [0, 0.05) is 25.7 Å². The van der Waals surface area contributed by atoms with E-state index in [1.54, 1.807) is 0 Å². The molecule has 0 radical (unpaired) electrons. The van der Waals surface area contributed by atoms with Crippen LogP contribution in [0.15, 0.2) is 0 Å². The molecule has 0 rings (SSSR count). The number of hydrogen-bond acceptors (Lipinski definition) is 15. The highest BCUT2D eigenvalue weighted by Gasteiger charge is 2.30. The molecule has 17 nitrogen and oxygen atoms in total. The van der Waals surface area contributed by atoms with E-state index in [1.807, 2.05) is 0 Å². The molecule has 0 aromatic carbocycles. The summed E-state index contributed by atoms with van der Waals surface area (Å²) in [6.07, 6.45) is 66.5. The molecule has 624 valence electrons.